The standard InChI is InChI=1S/C14H20N2OS2/c1-10-12-3-6-19-13(12)2-5-16(10)14(17)8-11-9-18-7-4-15-11/h3,6,10-11,15H,2,4-5,7-9H2,1H3. The third-order valence-corrected chi connectivity index (χ3v) is 6.14. The molecule has 2 aliphatic heterocycles. The van der Waals surface area contributed by atoms with Gasteiger partial charge in [-0.25, -0.2) is 0 Å². The van der Waals surface area contributed by atoms with E-state index in [1.54, 1.807) is 0 Å². The van der Waals surface area contributed by atoms with Crippen LogP contribution in [0.1, 0.15) is 29.8 Å². The highest BCUT2D eigenvalue weighted by Gasteiger charge is 2.29. The van der Waals surface area contributed by atoms with E-state index in [2.05, 4.69) is 28.6 Å². The molecular formula is C14H20N2OS2. The molecule has 19 heavy (non-hydrogen) atoms. The topological polar surface area (TPSA) is 32.3 Å². The number of rotatable bonds is 2. The van der Waals surface area contributed by atoms with E-state index in [9.17, 15) is 4.79 Å². The van der Waals surface area contributed by atoms with Crippen LogP contribution in [0.5, 0.6) is 0 Å². The van der Waals surface area contributed by atoms with Gasteiger partial charge in [-0.2, -0.15) is 11.8 Å². The molecular weight excluding hydrogens is 276 g/mol. The molecule has 1 fully saturated rings. The molecule has 3 heterocycles. The molecule has 0 saturated carbocycles. The summed E-state index contributed by atoms with van der Waals surface area (Å²) in [5.41, 5.74) is 1.36. The van der Waals surface area contributed by atoms with Crippen molar-refractivity contribution in [2.75, 3.05) is 24.6 Å². The summed E-state index contributed by atoms with van der Waals surface area (Å²) in [5, 5.41) is 5.60. The van der Waals surface area contributed by atoms with Gasteiger partial charge in [0.2, 0.25) is 5.91 Å². The summed E-state index contributed by atoms with van der Waals surface area (Å²) in [6, 6.07) is 2.79. The van der Waals surface area contributed by atoms with Gasteiger partial charge in [0.1, 0.15) is 0 Å². The summed E-state index contributed by atoms with van der Waals surface area (Å²) < 4.78 is 0. The van der Waals surface area contributed by atoms with Crippen LogP contribution in [-0.2, 0) is 11.2 Å². The van der Waals surface area contributed by atoms with Gasteiger partial charge in [-0.15, -0.1) is 11.3 Å². The first-order chi connectivity index (χ1) is 9.25. The van der Waals surface area contributed by atoms with Crippen LogP contribution >= 0.6 is 23.1 Å². The number of nitrogens with zero attached hydrogens (tertiary/aromatic N) is 1. The Hall–Kier alpha value is -0.520. The molecule has 3 rings (SSSR count). The van der Waals surface area contributed by atoms with Crippen molar-refractivity contribution in [3.05, 3.63) is 21.9 Å². The third kappa shape index (κ3) is 2.83. The molecule has 5 heteroatoms. The fraction of sp³-hybridized carbons (Fsp3) is 0.643. The minimum absolute atomic E-state index is 0.249. The molecule has 1 N–H and O–H groups in total. The first-order valence-corrected chi connectivity index (χ1v) is 8.96. The van der Waals surface area contributed by atoms with E-state index in [4.69, 9.17) is 0 Å². The smallest absolute Gasteiger partial charge is 0.224 e. The molecule has 0 radical (unpaired) electrons. The molecule has 1 saturated heterocycles. The number of nitrogens with one attached hydrogen (secondary N) is 1. The summed E-state index contributed by atoms with van der Waals surface area (Å²) >= 11 is 3.78. The monoisotopic (exact) mass is 296 g/mol. The summed E-state index contributed by atoms with van der Waals surface area (Å²) in [7, 11) is 0. The second-order valence-electron chi connectivity index (χ2n) is 5.24. The zero-order valence-electron chi connectivity index (χ0n) is 11.2. The summed E-state index contributed by atoms with van der Waals surface area (Å²) in [6.45, 7) is 4.08. The highest BCUT2D eigenvalue weighted by molar-refractivity contribution is 7.99. The summed E-state index contributed by atoms with van der Waals surface area (Å²) in [5.74, 6) is 2.55. The van der Waals surface area contributed by atoms with E-state index in [-0.39, 0.29) is 6.04 Å². The second kappa shape index (κ2) is 5.85. The van der Waals surface area contributed by atoms with Crippen molar-refractivity contribution in [3.63, 3.8) is 0 Å². The number of thiophene rings is 1. The minimum Gasteiger partial charge on any atom is -0.335 e. The Balaban J connectivity index is 1.64. The SMILES string of the molecule is CC1c2ccsc2CCN1C(=O)CC1CSCCN1. The molecule has 1 aromatic heterocycles. The fourth-order valence-corrected chi connectivity index (χ4v) is 4.84. The lowest BCUT2D eigenvalue weighted by atomic mass is 10.0. The van der Waals surface area contributed by atoms with Gasteiger partial charge in [0.25, 0.3) is 0 Å². The highest BCUT2D eigenvalue weighted by atomic mass is 32.2. The van der Waals surface area contributed by atoms with Crippen molar-refractivity contribution < 1.29 is 4.79 Å². The van der Waals surface area contributed by atoms with E-state index in [0.29, 0.717) is 18.4 Å². The predicted octanol–water partition coefficient (Wildman–Crippen LogP) is 2.29. The molecule has 0 spiro atoms. The van der Waals surface area contributed by atoms with E-state index >= 15 is 0 Å². The lowest BCUT2D eigenvalue weighted by molar-refractivity contribution is -0.134. The fourth-order valence-electron chi connectivity index (χ4n) is 2.93. The van der Waals surface area contributed by atoms with Gasteiger partial charge in [0.05, 0.1) is 6.04 Å². The number of hydrogen-bond acceptors (Lipinski definition) is 4. The molecule has 104 valence electrons. The van der Waals surface area contributed by atoms with Crippen LogP contribution in [0, 0.1) is 0 Å². The van der Waals surface area contributed by atoms with E-state index < -0.39 is 0 Å². The lowest BCUT2D eigenvalue weighted by Gasteiger charge is -2.35. The van der Waals surface area contributed by atoms with Gasteiger partial charge in [-0.3, -0.25) is 4.79 Å². The number of carbonyl (C=O) groups is 1. The quantitative estimate of drug-likeness (QED) is 0.909. The summed E-state index contributed by atoms with van der Waals surface area (Å²) in [6.07, 6.45) is 1.67. The van der Waals surface area contributed by atoms with Crippen LogP contribution in [0.25, 0.3) is 0 Å². The minimum atomic E-state index is 0.249. The molecule has 1 amide bonds. The Morgan fingerprint density at radius 1 is 1.58 bits per heavy atom. The number of thioether (sulfide) groups is 1. The molecule has 1 aromatic rings. The molecule has 0 aromatic carbocycles. The largest absolute Gasteiger partial charge is 0.335 e. The van der Waals surface area contributed by atoms with Gasteiger partial charge in [0.15, 0.2) is 0 Å². The zero-order valence-corrected chi connectivity index (χ0v) is 12.9. The number of amides is 1. The molecule has 2 aliphatic rings. The van der Waals surface area contributed by atoms with E-state index in [1.165, 1.54) is 16.2 Å². The average molecular weight is 296 g/mol. The third-order valence-electron chi connectivity index (χ3n) is 4.02. The van der Waals surface area contributed by atoms with E-state index in [1.807, 2.05) is 23.1 Å². The molecule has 0 bridgehead atoms. The zero-order chi connectivity index (χ0) is 13.2. The van der Waals surface area contributed by atoms with Crippen LogP contribution in [0.15, 0.2) is 11.4 Å². The number of carbonyl (C=O) groups excluding carboxylic acids is 1. The van der Waals surface area contributed by atoms with Crippen LogP contribution in [-0.4, -0.2) is 41.4 Å². The first kappa shape index (κ1) is 13.5. The Bertz CT molecular complexity index is 454. The maximum absolute atomic E-state index is 12.5. The maximum Gasteiger partial charge on any atom is 0.224 e. The van der Waals surface area contributed by atoms with Crippen LogP contribution < -0.4 is 5.32 Å². The first-order valence-electron chi connectivity index (χ1n) is 6.92. The highest BCUT2D eigenvalue weighted by Crippen LogP contribution is 2.33. The number of hydrogen-bond donors (Lipinski definition) is 1. The Labute approximate surface area is 122 Å². The van der Waals surface area contributed by atoms with Crippen molar-refractivity contribution in [1.82, 2.24) is 10.2 Å². The van der Waals surface area contributed by atoms with Crippen LogP contribution in [0.4, 0.5) is 0 Å². The van der Waals surface area contributed by atoms with Gasteiger partial charge in [-0.05, 0) is 30.4 Å². The Kier molecular flexibility index (Phi) is 4.15. The Morgan fingerprint density at radius 3 is 3.26 bits per heavy atom. The lowest BCUT2D eigenvalue weighted by Crippen LogP contribution is -2.44. The van der Waals surface area contributed by atoms with Gasteiger partial charge < -0.3 is 10.2 Å². The maximum atomic E-state index is 12.5. The Morgan fingerprint density at radius 2 is 2.47 bits per heavy atom. The predicted molar refractivity (Wildman–Crippen MR) is 81.9 cm³/mol. The van der Waals surface area contributed by atoms with Gasteiger partial charge in [-0.1, -0.05) is 0 Å². The van der Waals surface area contributed by atoms with Gasteiger partial charge >= 0.3 is 0 Å². The molecule has 3 nitrogen and oxygen atoms in total. The second-order valence-corrected chi connectivity index (χ2v) is 7.39. The van der Waals surface area contributed by atoms with Crippen molar-refractivity contribution in [1.29, 1.82) is 0 Å². The molecule has 2 unspecified atom stereocenters. The normalized spacial score (nSPS) is 27.1. The van der Waals surface area contributed by atoms with Gasteiger partial charge in [0, 0.05) is 41.9 Å². The van der Waals surface area contributed by atoms with Crippen molar-refractivity contribution in [3.8, 4) is 0 Å². The van der Waals surface area contributed by atoms with Crippen molar-refractivity contribution >= 4 is 29.0 Å². The van der Waals surface area contributed by atoms with E-state index in [0.717, 1.165) is 25.3 Å². The molecule has 0 aliphatic carbocycles. The average Bonchev–Trinajstić information content (AvgIpc) is 2.89. The summed E-state index contributed by atoms with van der Waals surface area (Å²) in [4.78, 5) is 16.0. The van der Waals surface area contributed by atoms with Crippen molar-refractivity contribution in [2.45, 2.75) is 31.8 Å². The number of fused-ring (bicyclic) bond motifs is 1. The van der Waals surface area contributed by atoms with Crippen LogP contribution in [0.3, 0.4) is 0 Å². The molecule has 2 atom stereocenters. The van der Waals surface area contributed by atoms with Crippen molar-refractivity contribution in [2.24, 2.45) is 0 Å². The van der Waals surface area contributed by atoms with Crippen LogP contribution in [0.2, 0.25) is 0 Å².